The molecule has 0 unspecified atom stereocenters. The maximum Gasteiger partial charge on any atom is 0.185 e. The van der Waals surface area contributed by atoms with Gasteiger partial charge in [-0.1, -0.05) is 18.3 Å². The zero-order chi connectivity index (χ0) is 13.6. The molecule has 1 saturated heterocycles. The van der Waals surface area contributed by atoms with Gasteiger partial charge in [-0.25, -0.2) is 9.67 Å². The van der Waals surface area contributed by atoms with Gasteiger partial charge in [0.15, 0.2) is 10.8 Å². The van der Waals surface area contributed by atoms with Crippen molar-refractivity contribution in [1.82, 2.24) is 19.7 Å². The molecule has 0 saturated carbocycles. The van der Waals surface area contributed by atoms with Gasteiger partial charge in [0.25, 0.3) is 0 Å². The van der Waals surface area contributed by atoms with E-state index in [0.29, 0.717) is 5.41 Å². The van der Waals surface area contributed by atoms with Crippen molar-refractivity contribution >= 4 is 26.8 Å². The average Bonchev–Trinajstić information content (AvgIpc) is 2.97. The lowest BCUT2D eigenvalue weighted by atomic mass is 9.90. The van der Waals surface area contributed by atoms with Gasteiger partial charge in [-0.05, 0) is 32.4 Å². The monoisotopic (exact) mass is 279 g/mol. The molecule has 1 atom stereocenters. The van der Waals surface area contributed by atoms with Crippen LogP contribution in [0.1, 0.15) is 19.0 Å². The first-order valence-electron chi connectivity index (χ1n) is 6.69. The first-order chi connectivity index (χ1) is 8.97. The number of hydrogen-bond acceptors (Lipinski definition) is 5. The molecule has 1 N–H and O–H groups in total. The summed E-state index contributed by atoms with van der Waals surface area (Å²) in [5.74, 6) is 0. The quantitative estimate of drug-likeness (QED) is 0.934. The fourth-order valence-corrected chi connectivity index (χ4v) is 3.79. The Balaban J connectivity index is 1.73. The van der Waals surface area contributed by atoms with E-state index in [-0.39, 0.29) is 0 Å². The Bertz CT molecular complexity index is 567. The van der Waals surface area contributed by atoms with Crippen LogP contribution >= 0.6 is 11.3 Å². The molecule has 1 fully saturated rings. The summed E-state index contributed by atoms with van der Waals surface area (Å²) in [5, 5.41) is 8.92. The molecule has 5 nitrogen and oxygen atoms in total. The minimum atomic E-state index is 0.361. The van der Waals surface area contributed by atoms with Crippen LogP contribution in [0.2, 0.25) is 0 Å². The summed E-state index contributed by atoms with van der Waals surface area (Å²) in [6.45, 7) is 7.73. The van der Waals surface area contributed by atoms with Gasteiger partial charge >= 0.3 is 0 Å². The third kappa shape index (κ3) is 2.34. The SMILES string of the molecule is Cc1nn(C)c2nc(NC[C@@]3(C)CCN(C)C3)sc12. The lowest BCUT2D eigenvalue weighted by Crippen LogP contribution is -2.29. The number of aryl methyl sites for hydroxylation is 2. The van der Waals surface area contributed by atoms with Gasteiger partial charge in [-0.2, -0.15) is 5.10 Å². The number of nitrogens with one attached hydrogen (secondary N) is 1. The molecule has 0 aliphatic carbocycles. The number of thiazole rings is 1. The van der Waals surface area contributed by atoms with E-state index in [2.05, 4.69) is 34.3 Å². The van der Waals surface area contributed by atoms with Crippen molar-refractivity contribution in [3.05, 3.63) is 5.69 Å². The van der Waals surface area contributed by atoms with Crippen LogP contribution in [0, 0.1) is 12.3 Å². The minimum absolute atomic E-state index is 0.361. The first kappa shape index (κ1) is 12.9. The maximum atomic E-state index is 4.64. The van der Waals surface area contributed by atoms with Crippen molar-refractivity contribution in [2.24, 2.45) is 12.5 Å². The number of fused-ring (bicyclic) bond motifs is 1. The molecule has 0 amide bonds. The molecule has 3 rings (SSSR count). The maximum absolute atomic E-state index is 4.64. The van der Waals surface area contributed by atoms with Gasteiger partial charge in [0.2, 0.25) is 0 Å². The van der Waals surface area contributed by atoms with Gasteiger partial charge in [-0.15, -0.1) is 0 Å². The molecule has 0 spiro atoms. The smallest absolute Gasteiger partial charge is 0.185 e. The van der Waals surface area contributed by atoms with Gasteiger partial charge in [0, 0.05) is 20.1 Å². The molecule has 0 bridgehead atoms. The van der Waals surface area contributed by atoms with E-state index in [9.17, 15) is 0 Å². The molecule has 1 aliphatic heterocycles. The third-order valence-electron chi connectivity index (χ3n) is 3.96. The van der Waals surface area contributed by atoms with Crippen LogP contribution in [0.5, 0.6) is 0 Å². The second kappa shape index (κ2) is 4.45. The van der Waals surface area contributed by atoms with Crippen LogP contribution in [0.15, 0.2) is 0 Å². The Hall–Kier alpha value is -1.14. The lowest BCUT2D eigenvalue weighted by Gasteiger charge is -2.23. The summed E-state index contributed by atoms with van der Waals surface area (Å²) in [7, 11) is 4.14. The van der Waals surface area contributed by atoms with Gasteiger partial charge in [-0.3, -0.25) is 0 Å². The molecular weight excluding hydrogens is 258 g/mol. The summed E-state index contributed by atoms with van der Waals surface area (Å²) < 4.78 is 3.05. The minimum Gasteiger partial charge on any atom is -0.361 e. The Kier molecular flexibility index (Phi) is 3.02. The molecular formula is C13H21N5S. The van der Waals surface area contributed by atoms with E-state index in [1.807, 2.05) is 18.7 Å². The largest absolute Gasteiger partial charge is 0.361 e. The van der Waals surface area contributed by atoms with Gasteiger partial charge in [0.05, 0.1) is 10.4 Å². The van der Waals surface area contributed by atoms with Crippen LogP contribution in [-0.2, 0) is 7.05 Å². The number of anilines is 1. The van der Waals surface area contributed by atoms with Crippen LogP contribution in [0.25, 0.3) is 10.3 Å². The zero-order valence-electron chi connectivity index (χ0n) is 12.0. The van der Waals surface area contributed by atoms with Crippen LogP contribution < -0.4 is 5.32 Å². The Labute approximate surface area is 117 Å². The van der Waals surface area contributed by atoms with Crippen LogP contribution in [-0.4, -0.2) is 46.3 Å². The van der Waals surface area contributed by atoms with Crippen molar-refractivity contribution in [3.8, 4) is 0 Å². The highest BCUT2D eigenvalue weighted by molar-refractivity contribution is 7.22. The third-order valence-corrected chi connectivity index (χ3v) is 5.07. The summed E-state index contributed by atoms with van der Waals surface area (Å²) in [6.07, 6.45) is 1.25. The molecule has 19 heavy (non-hydrogen) atoms. The molecule has 0 aromatic carbocycles. The van der Waals surface area contributed by atoms with Crippen LogP contribution in [0.3, 0.4) is 0 Å². The standard InChI is InChI=1S/C13H21N5S/c1-9-10-11(18(4)16-9)15-12(19-10)14-7-13(2)5-6-17(3)8-13/h5-8H2,1-4H3,(H,14,15)/t13-/m1/s1. The van der Waals surface area contributed by atoms with E-state index in [0.717, 1.165) is 29.6 Å². The topological polar surface area (TPSA) is 46.0 Å². The number of likely N-dealkylation sites (tertiary alicyclic amines) is 1. The molecule has 2 aromatic rings. The van der Waals surface area contributed by atoms with Crippen molar-refractivity contribution in [2.45, 2.75) is 20.3 Å². The zero-order valence-corrected chi connectivity index (χ0v) is 12.8. The normalized spacial score (nSPS) is 24.4. The second-order valence-corrected chi connectivity index (χ2v) is 7.03. The van der Waals surface area contributed by atoms with Gasteiger partial charge < -0.3 is 10.2 Å². The highest BCUT2D eigenvalue weighted by Gasteiger charge is 2.31. The number of nitrogens with zero attached hydrogens (tertiary/aromatic N) is 4. The molecule has 3 heterocycles. The summed E-state index contributed by atoms with van der Waals surface area (Å²) in [4.78, 5) is 7.04. The average molecular weight is 279 g/mol. The molecule has 104 valence electrons. The molecule has 1 aliphatic rings. The van der Waals surface area contributed by atoms with Crippen molar-refractivity contribution in [1.29, 1.82) is 0 Å². The van der Waals surface area contributed by atoms with E-state index < -0.39 is 0 Å². The molecule has 2 aromatic heterocycles. The predicted octanol–water partition coefficient (Wildman–Crippen LogP) is 2.09. The van der Waals surface area contributed by atoms with Crippen LogP contribution in [0.4, 0.5) is 5.13 Å². The molecule has 6 heteroatoms. The van der Waals surface area contributed by atoms with E-state index in [1.165, 1.54) is 17.7 Å². The Morgan fingerprint density at radius 3 is 2.84 bits per heavy atom. The fourth-order valence-electron chi connectivity index (χ4n) is 2.86. The van der Waals surface area contributed by atoms with E-state index in [1.54, 1.807) is 11.3 Å². The Morgan fingerprint density at radius 2 is 2.21 bits per heavy atom. The highest BCUT2D eigenvalue weighted by atomic mass is 32.1. The highest BCUT2D eigenvalue weighted by Crippen LogP contribution is 2.32. The van der Waals surface area contributed by atoms with Gasteiger partial charge in [0.1, 0.15) is 0 Å². The lowest BCUT2D eigenvalue weighted by molar-refractivity contribution is 0.325. The molecule has 0 radical (unpaired) electrons. The number of aromatic nitrogens is 3. The van der Waals surface area contributed by atoms with Crippen molar-refractivity contribution < 1.29 is 0 Å². The summed E-state index contributed by atoms with van der Waals surface area (Å²) in [5.41, 5.74) is 2.41. The summed E-state index contributed by atoms with van der Waals surface area (Å²) in [6, 6.07) is 0. The number of hydrogen-bond donors (Lipinski definition) is 1. The first-order valence-corrected chi connectivity index (χ1v) is 7.51. The van der Waals surface area contributed by atoms with Crippen molar-refractivity contribution in [3.63, 3.8) is 0 Å². The predicted molar refractivity (Wildman–Crippen MR) is 79.8 cm³/mol. The van der Waals surface area contributed by atoms with E-state index >= 15 is 0 Å². The van der Waals surface area contributed by atoms with Crippen molar-refractivity contribution in [2.75, 3.05) is 32.0 Å². The Morgan fingerprint density at radius 1 is 1.42 bits per heavy atom. The van der Waals surface area contributed by atoms with E-state index in [4.69, 9.17) is 0 Å². The second-order valence-electron chi connectivity index (χ2n) is 6.03. The fraction of sp³-hybridized carbons (Fsp3) is 0.692. The number of rotatable bonds is 3. The summed E-state index contributed by atoms with van der Waals surface area (Å²) >= 11 is 1.71.